The number of halogens is 4. The molecule has 0 unspecified atom stereocenters. The number of rotatable bonds is 2. The first kappa shape index (κ1) is 20.3. The van der Waals surface area contributed by atoms with Gasteiger partial charge in [-0.15, -0.1) is 0 Å². The fraction of sp³-hybridized carbons (Fsp3) is 0.350. The van der Waals surface area contributed by atoms with Crippen LogP contribution in [0.1, 0.15) is 16.7 Å². The van der Waals surface area contributed by atoms with Crippen molar-refractivity contribution in [2.45, 2.75) is 19.1 Å². The molecule has 1 N–H and O–H groups in total. The molecule has 2 aromatic carbocycles. The first-order chi connectivity index (χ1) is 13.3. The van der Waals surface area contributed by atoms with E-state index in [4.69, 9.17) is 4.74 Å². The predicted octanol–water partition coefficient (Wildman–Crippen LogP) is 3.86. The largest absolute Gasteiger partial charge is 0.416 e. The molecule has 2 aliphatic rings. The van der Waals surface area contributed by atoms with E-state index < -0.39 is 17.6 Å². The van der Waals surface area contributed by atoms with Gasteiger partial charge in [-0.1, -0.05) is 18.2 Å². The van der Waals surface area contributed by atoms with Crippen molar-refractivity contribution < 1.29 is 27.1 Å². The summed E-state index contributed by atoms with van der Waals surface area (Å²) in [5, 5.41) is 2.76. The maximum Gasteiger partial charge on any atom is 0.416 e. The van der Waals surface area contributed by atoms with E-state index in [0.29, 0.717) is 50.9 Å². The highest BCUT2D eigenvalue weighted by atomic mass is 19.4. The summed E-state index contributed by atoms with van der Waals surface area (Å²) in [6.45, 7) is 2.73. The number of carbonyl (C=O) groups excluding carboxylic acids is 1. The molecule has 0 aliphatic carbocycles. The highest BCUT2D eigenvalue weighted by Gasteiger charge is 2.31. The van der Waals surface area contributed by atoms with Crippen LogP contribution in [-0.4, -0.2) is 37.1 Å². The maximum absolute atomic E-state index is 13.2. The SMILES string of the molecule is Fc1cc(CN2CCOCC2)cc(C(F)(F)F)c1.O=C1Cc2ccccc2N1. The van der Waals surface area contributed by atoms with Gasteiger partial charge in [0.1, 0.15) is 5.82 Å². The summed E-state index contributed by atoms with van der Waals surface area (Å²) in [6, 6.07) is 10.4. The lowest BCUT2D eigenvalue weighted by molar-refractivity contribution is -0.137. The number of hydrogen-bond donors (Lipinski definition) is 1. The zero-order valence-corrected chi connectivity index (χ0v) is 15.1. The Morgan fingerprint density at radius 2 is 1.79 bits per heavy atom. The molecular weight excluding hydrogens is 376 g/mol. The number of nitrogens with one attached hydrogen (secondary N) is 1. The Kier molecular flexibility index (Phi) is 6.31. The average molecular weight is 396 g/mol. The predicted molar refractivity (Wildman–Crippen MR) is 96.3 cm³/mol. The van der Waals surface area contributed by atoms with E-state index in [9.17, 15) is 22.4 Å². The van der Waals surface area contributed by atoms with E-state index in [-0.39, 0.29) is 5.91 Å². The number of anilines is 1. The molecule has 0 aromatic heterocycles. The number of alkyl halides is 3. The molecule has 0 atom stereocenters. The summed E-state index contributed by atoms with van der Waals surface area (Å²) >= 11 is 0. The highest BCUT2D eigenvalue weighted by Crippen LogP contribution is 2.30. The number of hydrogen-bond acceptors (Lipinski definition) is 3. The summed E-state index contributed by atoms with van der Waals surface area (Å²) in [5.41, 5.74) is 1.47. The van der Waals surface area contributed by atoms with E-state index in [1.54, 1.807) is 0 Å². The van der Waals surface area contributed by atoms with Crippen molar-refractivity contribution in [3.63, 3.8) is 0 Å². The van der Waals surface area contributed by atoms with E-state index in [1.165, 1.54) is 0 Å². The van der Waals surface area contributed by atoms with Gasteiger partial charge in [-0.05, 0) is 35.4 Å². The van der Waals surface area contributed by atoms with Gasteiger partial charge in [0.15, 0.2) is 0 Å². The third kappa shape index (κ3) is 5.53. The molecule has 150 valence electrons. The normalized spacial score (nSPS) is 16.8. The summed E-state index contributed by atoms with van der Waals surface area (Å²) < 4.78 is 55.9. The second kappa shape index (κ2) is 8.70. The lowest BCUT2D eigenvalue weighted by atomic mass is 10.1. The fourth-order valence-electron chi connectivity index (χ4n) is 3.09. The molecule has 0 radical (unpaired) electrons. The van der Waals surface area contributed by atoms with Crippen LogP contribution in [0.5, 0.6) is 0 Å². The first-order valence-corrected chi connectivity index (χ1v) is 8.86. The molecule has 0 spiro atoms. The van der Waals surface area contributed by atoms with Gasteiger partial charge in [0.05, 0.1) is 25.2 Å². The quantitative estimate of drug-likeness (QED) is 0.784. The Morgan fingerprint density at radius 1 is 1.07 bits per heavy atom. The van der Waals surface area contributed by atoms with Crippen molar-refractivity contribution in [1.29, 1.82) is 0 Å². The van der Waals surface area contributed by atoms with Crippen molar-refractivity contribution in [3.05, 3.63) is 65.0 Å². The molecule has 8 heteroatoms. The third-order valence-corrected chi connectivity index (χ3v) is 4.44. The molecule has 4 nitrogen and oxygen atoms in total. The molecule has 0 saturated carbocycles. The Bertz CT molecular complexity index is 806. The number of fused-ring (bicyclic) bond motifs is 1. The van der Waals surface area contributed by atoms with Crippen LogP contribution < -0.4 is 5.32 Å². The Balaban J connectivity index is 0.000000188. The third-order valence-electron chi connectivity index (χ3n) is 4.44. The molecule has 28 heavy (non-hydrogen) atoms. The van der Waals surface area contributed by atoms with Crippen LogP contribution in [0.2, 0.25) is 0 Å². The minimum Gasteiger partial charge on any atom is -0.379 e. The standard InChI is InChI=1S/C12H13F4NO.C8H7NO/c13-11-6-9(5-10(7-11)12(14,15)16)8-17-1-3-18-4-2-17;10-8-5-6-3-1-2-4-7(6)9-8/h5-7H,1-4,8H2;1-4H,5H2,(H,9,10). The minimum atomic E-state index is -4.51. The average Bonchev–Trinajstić information content (AvgIpc) is 3.02. The lowest BCUT2D eigenvalue weighted by Crippen LogP contribution is -2.35. The number of nitrogens with zero attached hydrogens (tertiary/aromatic N) is 1. The van der Waals surface area contributed by atoms with Gasteiger partial charge in [0.2, 0.25) is 5.91 Å². The van der Waals surface area contributed by atoms with Crippen LogP contribution in [0.3, 0.4) is 0 Å². The zero-order valence-electron chi connectivity index (χ0n) is 15.1. The van der Waals surface area contributed by atoms with Gasteiger partial charge in [-0.25, -0.2) is 4.39 Å². The van der Waals surface area contributed by atoms with Crippen LogP contribution in [-0.2, 0) is 28.7 Å². The van der Waals surface area contributed by atoms with Gasteiger partial charge in [-0.2, -0.15) is 13.2 Å². The van der Waals surface area contributed by atoms with Gasteiger partial charge >= 0.3 is 6.18 Å². The van der Waals surface area contributed by atoms with Gasteiger partial charge in [0.25, 0.3) is 0 Å². The summed E-state index contributed by atoms with van der Waals surface area (Å²) in [4.78, 5) is 12.7. The number of amides is 1. The molecular formula is C20H20F4N2O2. The van der Waals surface area contributed by atoms with Crippen LogP contribution in [0.25, 0.3) is 0 Å². The molecule has 4 rings (SSSR count). The summed E-state index contributed by atoms with van der Waals surface area (Å²) in [7, 11) is 0. The fourth-order valence-corrected chi connectivity index (χ4v) is 3.09. The van der Waals surface area contributed by atoms with Crippen LogP contribution in [0, 0.1) is 5.82 Å². The number of para-hydroxylation sites is 1. The second-order valence-corrected chi connectivity index (χ2v) is 6.62. The molecule has 2 aliphatic heterocycles. The second-order valence-electron chi connectivity index (χ2n) is 6.62. The smallest absolute Gasteiger partial charge is 0.379 e. The monoisotopic (exact) mass is 396 g/mol. The van der Waals surface area contributed by atoms with Crippen molar-refractivity contribution in [2.24, 2.45) is 0 Å². The number of morpholine rings is 1. The van der Waals surface area contributed by atoms with Crippen LogP contribution >= 0.6 is 0 Å². The van der Waals surface area contributed by atoms with Gasteiger partial charge in [0, 0.05) is 25.3 Å². The Hall–Kier alpha value is -2.45. The van der Waals surface area contributed by atoms with Crippen molar-refractivity contribution >= 4 is 11.6 Å². The minimum absolute atomic E-state index is 0.0983. The molecule has 2 heterocycles. The van der Waals surface area contributed by atoms with E-state index in [0.717, 1.165) is 23.4 Å². The maximum atomic E-state index is 13.2. The molecule has 1 fully saturated rings. The summed E-state index contributed by atoms with van der Waals surface area (Å²) in [5.74, 6) is -0.755. The Morgan fingerprint density at radius 3 is 2.46 bits per heavy atom. The first-order valence-electron chi connectivity index (χ1n) is 8.86. The van der Waals surface area contributed by atoms with Crippen molar-refractivity contribution in [2.75, 3.05) is 31.6 Å². The Labute approximate surface area is 160 Å². The topological polar surface area (TPSA) is 41.6 Å². The van der Waals surface area contributed by atoms with E-state index in [2.05, 4.69) is 5.32 Å². The molecule has 2 aromatic rings. The molecule has 0 bridgehead atoms. The number of ether oxygens (including phenoxy) is 1. The van der Waals surface area contributed by atoms with Crippen LogP contribution in [0.15, 0.2) is 42.5 Å². The van der Waals surface area contributed by atoms with E-state index in [1.807, 2.05) is 29.2 Å². The molecule has 1 saturated heterocycles. The lowest BCUT2D eigenvalue weighted by Gasteiger charge is -2.26. The van der Waals surface area contributed by atoms with Crippen molar-refractivity contribution in [1.82, 2.24) is 4.90 Å². The van der Waals surface area contributed by atoms with Crippen molar-refractivity contribution in [3.8, 4) is 0 Å². The van der Waals surface area contributed by atoms with E-state index >= 15 is 0 Å². The van der Waals surface area contributed by atoms with Gasteiger partial charge in [-0.3, -0.25) is 9.69 Å². The zero-order chi connectivity index (χ0) is 20.1. The van der Waals surface area contributed by atoms with Gasteiger partial charge < -0.3 is 10.1 Å². The molecule has 1 amide bonds. The number of carbonyl (C=O) groups is 1. The highest BCUT2D eigenvalue weighted by molar-refractivity contribution is 5.98. The van der Waals surface area contributed by atoms with Crippen LogP contribution in [0.4, 0.5) is 23.2 Å². The summed E-state index contributed by atoms with van der Waals surface area (Å²) in [6.07, 6.45) is -3.97. The number of benzene rings is 2.